The molecule has 20 heavy (non-hydrogen) atoms. The molecule has 0 spiro atoms. The molecule has 0 aliphatic heterocycles. The summed E-state index contributed by atoms with van der Waals surface area (Å²) < 4.78 is 0. The number of carbonyl (C=O) groups is 1. The molecule has 0 aromatic heterocycles. The van der Waals surface area contributed by atoms with Gasteiger partial charge in [-0.3, -0.25) is 0 Å². The van der Waals surface area contributed by atoms with E-state index in [2.05, 4.69) is 13.8 Å². The van der Waals surface area contributed by atoms with Crippen LogP contribution in [0.3, 0.4) is 0 Å². The first-order valence-corrected chi connectivity index (χ1v) is 6.68. The minimum absolute atomic E-state index is 0.308. The van der Waals surface area contributed by atoms with Crippen LogP contribution in [0.2, 0.25) is 0 Å². The van der Waals surface area contributed by atoms with E-state index < -0.39 is 5.97 Å². The molecule has 0 fully saturated rings. The number of carboxylic acids is 1. The fraction of sp³-hybridized carbons (Fsp3) is 0.167. The van der Waals surface area contributed by atoms with Crippen LogP contribution in [0.5, 0.6) is 0 Å². The average molecular weight is 266 g/mol. The molecule has 2 rings (SSSR count). The molecule has 0 aliphatic carbocycles. The van der Waals surface area contributed by atoms with E-state index in [1.54, 1.807) is 6.08 Å². The maximum Gasteiger partial charge on any atom is 0.336 e. The Bertz CT molecular complexity index is 608. The van der Waals surface area contributed by atoms with Gasteiger partial charge in [0.05, 0.1) is 5.57 Å². The molecule has 102 valence electrons. The van der Waals surface area contributed by atoms with Crippen LogP contribution < -0.4 is 0 Å². The molecule has 0 heterocycles. The van der Waals surface area contributed by atoms with Crippen LogP contribution in [0.25, 0.3) is 11.6 Å². The highest BCUT2D eigenvalue weighted by molar-refractivity contribution is 6.20. The number of carboxylic acid groups (broad SMARTS) is 1. The third kappa shape index (κ3) is 3.35. The minimum Gasteiger partial charge on any atom is -0.478 e. The summed E-state index contributed by atoms with van der Waals surface area (Å²) in [4.78, 5) is 11.4. The number of hydrogen-bond donors (Lipinski definition) is 1. The summed E-state index contributed by atoms with van der Waals surface area (Å²) >= 11 is 0. The highest BCUT2D eigenvalue weighted by Gasteiger charge is 2.09. The van der Waals surface area contributed by atoms with Crippen molar-refractivity contribution in [3.63, 3.8) is 0 Å². The number of rotatable bonds is 4. The van der Waals surface area contributed by atoms with Crippen molar-refractivity contribution in [3.05, 3.63) is 71.3 Å². The van der Waals surface area contributed by atoms with Crippen molar-refractivity contribution in [1.82, 2.24) is 0 Å². The van der Waals surface area contributed by atoms with Crippen molar-refractivity contribution < 1.29 is 9.90 Å². The molecule has 0 saturated carbocycles. The van der Waals surface area contributed by atoms with Crippen molar-refractivity contribution >= 4 is 17.6 Å². The van der Waals surface area contributed by atoms with Gasteiger partial charge in [0, 0.05) is 0 Å². The lowest BCUT2D eigenvalue weighted by atomic mass is 9.99. The van der Waals surface area contributed by atoms with E-state index in [4.69, 9.17) is 0 Å². The molecule has 2 aromatic rings. The van der Waals surface area contributed by atoms with Crippen molar-refractivity contribution in [1.29, 1.82) is 0 Å². The van der Waals surface area contributed by atoms with Gasteiger partial charge in [0.15, 0.2) is 0 Å². The van der Waals surface area contributed by atoms with E-state index in [-0.39, 0.29) is 0 Å². The van der Waals surface area contributed by atoms with Crippen molar-refractivity contribution in [2.75, 3.05) is 0 Å². The Hall–Kier alpha value is -2.35. The molecule has 0 unspecified atom stereocenters. The second-order valence-corrected chi connectivity index (χ2v) is 5.05. The first-order chi connectivity index (χ1) is 9.58. The Morgan fingerprint density at radius 2 is 1.60 bits per heavy atom. The smallest absolute Gasteiger partial charge is 0.336 e. The Balaban J connectivity index is 2.37. The predicted molar refractivity (Wildman–Crippen MR) is 82.5 cm³/mol. The molecule has 0 aliphatic rings. The molecular formula is C18H18O2. The lowest BCUT2D eigenvalue weighted by molar-refractivity contribution is -0.130. The van der Waals surface area contributed by atoms with Gasteiger partial charge < -0.3 is 5.11 Å². The summed E-state index contributed by atoms with van der Waals surface area (Å²) in [7, 11) is 0. The summed E-state index contributed by atoms with van der Waals surface area (Å²) in [5.41, 5.74) is 3.17. The summed E-state index contributed by atoms with van der Waals surface area (Å²) in [6, 6.07) is 17.2. The van der Waals surface area contributed by atoms with Crippen LogP contribution in [-0.2, 0) is 4.79 Å². The Kier molecular flexibility index (Phi) is 4.36. The lowest BCUT2D eigenvalue weighted by Gasteiger charge is -2.06. The largest absolute Gasteiger partial charge is 0.478 e. The molecule has 0 amide bonds. The first-order valence-electron chi connectivity index (χ1n) is 6.68. The Morgan fingerprint density at radius 1 is 1.00 bits per heavy atom. The highest BCUT2D eigenvalue weighted by Crippen LogP contribution is 2.20. The van der Waals surface area contributed by atoms with Gasteiger partial charge in [-0.05, 0) is 28.7 Å². The van der Waals surface area contributed by atoms with Crippen LogP contribution in [0.1, 0.15) is 36.5 Å². The Labute approximate surface area is 119 Å². The standard InChI is InChI=1S/C18H18O2/c1-13(2)15-10-8-14(9-11-15)12-17(18(19)20)16-6-4-3-5-7-16/h3-13H,1-2H3,(H,19,20). The van der Waals surface area contributed by atoms with Gasteiger partial charge in [-0.2, -0.15) is 0 Å². The first kappa shape index (κ1) is 14.1. The number of aliphatic carboxylic acids is 1. The van der Waals surface area contributed by atoms with Gasteiger partial charge in [-0.1, -0.05) is 68.4 Å². The normalized spacial score (nSPS) is 11.7. The highest BCUT2D eigenvalue weighted by atomic mass is 16.4. The van der Waals surface area contributed by atoms with Crippen LogP contribution >= 0.6 is 0 Å². The second kappa shape index (κ2) is 6.20. The van der Waals surface area contributed by atoms with Crippen molar-refractivity contribution in [2.24, 2.45) is 0 Å². The van der Waals surface area contributed by atoms with Crippen LogP contribution in [0.4, 0.5) is 0 Å². The van der Waals surface area contributed by atoms with Gasteiger partial charge in [0.1, 0.15) is 0 Å². The summed E-state index contributed by atoms with van der Waals surface area (Å²) in [5, 5.41) is 9.36. The van der Waals surface area contributed by atoms with Gasteiger partial charge >= 0.3 is 5.97 Å². The zero-order valence-corrected chi connectivity index (χ0v) is 11.7. The zero-order valence-electron chi connectivity index (χ0n) is 11.7. The predicted octanol–water partition coefficient (Wildman–Crippen LogP) is 4.44. The zero-order chi connectivity index (χ0) is 14.5. The van der Waals surface area contributed by atoms with Gasteiger partial charge in [-0.15, -0.1) is 0 Å². The van der Waals surface area contributed by atoms with E-state index in [9.17, 15) is 9.90 Å². The second-order valence-electron chi connectivity index (χ2n) is 5.05. The fourth-order valence-electron chi connectivity index (χ4n) is 2.03. The van der Waals surface area contributed by atoms with Crippen LogP contribution in [-0.4, -0.2) is 11.1 Å². The van der Waals surface area contributed by atoms with Crippen molar-refractivity contribution in [3.8, 4) is 0 Å². The molecule has 2 heteroatoms. The monoisotopic (exact) mass is 266 g/mol. The van der Waals surface area contributed by atoms with E-state index in [1.807, 2.05) is 54.6 Å². The number of benzene rings is 2. The molecule has 2 aromatic carbocycles. The molecule has 2 nitrogen and oxygen atoms in total. The molecule has 0 bridgehead atoms. The van der Waals surface area contributed by atoms with Crippen molar-refractivity contribution in [2.45, 2.75) is 19.8 Å². The van der Waals surface area contributed by atoms with E-state index >= 15 is 0 Å². The van der Waals surface area contributed by atoms with Gasteiger partial charge in [-0.25, -0.2) is 4.79 Å². The fourth-order valence-corrected chi connectivity index (χ4v) is 2.03. The third-order valence-corrected chi connectivity index (χ3v) is 3.23. The maximum absolute atomic E-state index is 11.4. The summed E-state index contributed by atoms with van der Waals surface area (Å²) in [5.74, 6) is -0.440. The van der Waals surface area contributed by atoms with E-state index in [1.165, 1.54) is 5.56 Å². The summed E-state index contributed by atoms with van der Waals surface area (Å²) in [6.45, 7) is 4.27. The molecule has 0 atom stereocenters. The molecule has 1 N–H and O–H groups in total. The molecular weight excluding hydrogens is 248 g/mol. The number of hydrogen-bond acceptors (Lipinski definition) is 1. The SMILES string of the molecule is CC(C)c1ccc(C=C(C(=O)O)c2ccccc2)cc1. The topological polar surface area (TPSA) is 37.3 Å². The maximum atomic E-state index is 11.4. The van der Waals surface area contributed by atoms with Gasteiger partial charge in [0.2, 0.25) is 0 Å². The summed E-state index contributed by atoms with van der Waals surface area (Å²) in [6.07, 6.45) is 1.71. The van der Waals surface area contributed by atoms with E-state index in [0.717, 1.165) is 5.56 Å². The average Bonchev–Trinajstić information content (AvgIpc) is 2.46. The lowest BCUT2D eigenvalue weighted by Crippen LogP contribution is -1.99. The Morgan fingerprint density at radius 3 is 2.10 bits per heavy atom. The van der Waals surface area contributed by atoms with Gasteiger partial charge in [0.25, 0.3) is 0 Å². The van der Waals surface area contributed by atoms with Crippen LogP contribution in [0, 0.1) is 0 Å². The van der Waals surface area contributed by atoms with Crippen LogP contribution in [0.15, 0.2) is 54.6 Å². The molecule has 0 radical (unpaired) electrons. The third-order valence-electron chi connectivity index (χ3n) is 3.23. The molecule has 0 saturated heterocycles. The quantitative estimate of drug-likeness (QED) is 0.656. The minimum atomic E-state index is -0.913. The van der Waals surface area contributed by atoms with E-state index in [0.29, 0.717) is 17.1 Å².